The highest BCUT2D eigenvalue weighted by Gasteiger charge is 2.40. The Hall–Kier alpha value is -0.0800. The molecule has 2 nitrogen and oxygen atoms in total. The molecule has 1 N–H and O–H groups in total. The predicted octanol–water partition coefficient (Wildman–Crippen LogP) is 1.71. The van der Waals surface area contributed by atoms with E-state index in [-0.39, 0.29) is 0 Å². The zero-order valence-corrected chi connectivity index (χ0v) is 9.79. The molecule has 4 atom stereocenters. The highest BCUT2D eigenvalue weighted by atomic mass is 15.2. The summed E-state index contributed by atoms with van der Waals surface area (Å²) in [6.45, 7) is 10.7. The van der Waals surface area contributed by atoms with Gasteiger partial charge in [0.1, 0.15) is 0 Å². The van der Waals surface area contributed by atoms with Gasteiger partial charge in [-0.15, -0.1) is 0 Å². The van der Waals surface area contributed by atoms with Crippen LogP contribution < -0.4 is 5.32 Å². The number of hydrogen-bond donors (Lipinski definition) is 1. The largest absolute Gasteiger partial charge is 0.313 e. The first kappa shape index (κ1) is 10.4. The molecule has 0 spiro atoms. The lowest BCUT2D eigenvalue weighted by Crippen LogP contribution is -2.50. The van der Waals surface area contributed by atoms with E-state index in [4.69, 9.17) is 0 Å². The highest BCUT2D eigenvalue weighted by Crippen LogP contribution is 2.38. The Morgan fingerprint density at radius 1 is 1.36 bits per heavy atom. The Morgan fingerprint density at radius 3 is 2.71 bits per heavy atom. The first-order valence-corrected chi connectivity index (χ1v) is 6.19. The Labute approximate surface area is 88.1 Å². The molecule has 4 unspecified atom stereocenters. The summed E-state index contributed by atoms with van der Waals surface area (Å²) < 4.78 is 0. The van der Waals surface area contributed by atoms with Crippen LogP contribution in [0.25, 0.3) is 0 Å². The second-order valence-corrected chi connectivity index (χ2v) is 5.18. The van der Waals surface area contributed by atoms with Crippen LogP contribution in [0, 0.1) is 11.8 Å². The van der Waals surface area contributed by atoms with Gasteiger partial charge in [0, 0.05) is 25.2 Å². The summed E-state index contributed by atoms with van der Waals surface area (Å²) in [5.74, 6) is 1.88. The first-order chi connectivity index (χ1) is 6.72. The van der Waals surface area contributed by atoms with Crippen LogP contribution in [0.5, 0.6) is 0 Å². The smallest absolute Gasteiger partial charge is 0.0207 e. The van der Waals surface area contributed by atoms with Crippen LogP contribution in [0.4, 0.5) is 0 Å². The van der Waals surface area contributed by atoms with E-state index in [1.807, 2.05) is 0 Å². The molecule has 2 heteroatoms. The molecule has 1 saturated heterocycles. The van der Waals surface area contributed by atoms with Crippen molar-refractivity contribution in [3.63, 3.8) is 0 Å². The van der Waals surface area contributed by atoms with Gasteiger partial charge in [0.25, 0.3) is 0 Å². The molecule has 0 amide bonds. The maximum atomic E-state index is 3.56. The van der Waals surface area contributed by atoms with Crippen LogP contribution in [0.3, 0.4) is 0 Å². The summed E-state index contributed by atoms with van der Waals surface area (Å²) in [6, 6.07) is 1.66. The summed E-state index contributed by atoms with van der Waals surface area (Å²) >= 11 is 0. The van der Waals surface area contributed by atoms with E-state index in [1.165, 1.54) is 25.9 Å². The number of likely N-dealkylation sites (tertiary alicyclic amines) is 1. The van der Waals surface area contributed by atoms with E-state index >= 15 is 0 Å². The lowest BCUT2D eigenvalue weighted by atomic mass is 9.71. The molecular formula is C12H24N2. The maximum absolute atomic E-state index is 3.56. The van der Waals surface area contributed by atoms with Crippen molar-refractivity contribution >= 4 is 0 Å². The van der Waals surface area contributed by atoms with Gasteiger partial charge in [0.05, 0.1) is 0 Å². The fraction of sp³-hybridized carbons (Fsp3) is 1.00. The van der Waals surface area contributed by atoms with Crippen LogP contribution in [-0.4, -0.2) is 36.6 Å². The first-order valence-electron chi connectivity index (χ1n) is 6.19. The van der Waals surface area contributed by atoms with Crippen molar-refractivity contribution in [3.8, 4) is 0 Å². The molecule has 14 heavy (non-hydrogen) atoms. The molecule has 0 aromatic rings. The van der Waals surface area contributed by atoms with Crippen molar-refractivity contribution in [2.45, 2.75) is 45.7 Å². The van der Waals surface area contributed by atoms with Gasteiger partial charge in [0.15, 0.2) is 0 Å². The van der Waals surface area contributed by atoms with E-state index in [0.29, 0.717) is 0 Å². The Bertz CT molecular complexity index is 193. The molecule has 2 aliphatic rings. The molecule has 2 fully saturated rings. The molecule has 1 aliphatic carbocycles. The van der Waals surface area contributed by atoms with Gasteiger partial charge in [-0.2, -0.15) is 0 Å². The highest BCUT2D eigenvalue weighted by molar-refractivity contribution is 4.95. The number of likely N-dealkylation sites (N-methyl/N-ethyl adjacent to an activating group) is 1. The zero-order chi connectivity index (χ0) is 10.1. The molecule has 1 aliphatic heterocycles. The lowest BCUT2D eigenvalue weighted by Gasteiger charge is -2.46. The van der Waals surface area contributed by atoms with Gasteiger partial charge < -0.3 is 5.32 Å². The average Bonchev–Trinajstić information content (AvgIpc) is 2.62. The fourth-order valence-electron chi connectivity index (χ4n) is 3.02. The Balaban J connectivity index is 1.79. The number of hydrogen-bond acceptors (Lipinski definition) is 2. The van der Waals surface area contributed by atoms with Gasteiger partial charge >= 0.3 is 0 Å². The lowest BCUT2D eigenvalue weighted by molar-refractivity contribution is 0.0374. The summed E-state index contributed by atoms with van der Waals surface area (Å²) in [4.78, 5) is 2.71. The predicted molar refractivity (Wildman–Crippen MR) is 60.4 cm³/mol. The molecular weight excluding hydrogens is 172 g/mol. The van der Waals surface area contributed by atoms with Gasteiger partial charge in [-0.3, -0.25) is 4.90 Å². The third kappa shape index (κ3) is 1.82. The van der Waals surface area contributed by atoms with Crippen LogP contribution in [0.15, 0.2) is 0 Å². The van der Waals surface area contributed by atoms with Crippen molar-refractivity contribution in [3.05, 3.63) is 0 Å². The number of nitrogens with zero attached hydrogens (tertiary/aromatic N) is 1. The molecule has 0 radical (unpaired) electrons. The van der Waals surface area contributed by atoms with Gasteiger partial charge in [-0.05, 0) is 31.2 Å². The minimum Gasteiger partial charge on any atom is -0.313 e. The van der Waals surface area contributed by atoms with E-state index in [0.717, 1.165) is 30.5 Å². The molecule has 1 heterocycles. The number of nitrogens with one attached hydrogen (secondary N) is 1. The van der Waals surface area contributed by atoms with Gasteiger partial charge in [-0.25, -0.2) is 0 Å². The minimum absolute atomic E-state index is 0.767. The average molecular weight is 196 g/mol. The standard InChI is InChI=1S/C12H24N2/c1-4-13-11-5-6-14(8-11)12-7-9(2)10(12)3/h9-13H,4-8H2,1-3H3. The summed E-state index contributed by atoms with van der Waals surface area (Å²) in [7, 11) is 0. The zero-order valence-electron chi connectivity index (χ0n) is 9.79. The Morgan fingerprint density at radius 2 is 2.14 bits per heavy atom. The van der Waals surface area contributed by atoms with E-state index in [1.54, 1.807) is 0 Å². The Kier molecular flexibility index (Phi) is 3.13. The fourth-order valence-corrected chi connectivity index (χ4v) is 3.02. The second kappa shape index (κ2) is 4.19. The minimum atomic E-state index is 0.767. The SMILES string of the molecule is CCNC1CCN(C2CC(C)C2C)C1. The van der Waals surface area contributed by atoms with E-state index in [2.05, 4.69) is 31.0 Å². The second-order valence-electron chi connectivity index (χ2n) is 5.18. The molecule has 0 aromatic carbocycles. The van der Waals surface area contributed by atoms with Crippen LogP contribution in [0.1, 0.15) is 33.6 Å². The van der Waals surface area contributed by atoms with Crippen molar-refractivity contribution in [1.29, 1.82) is 0 Å². The van der Waals surface area contributed by atoms with Crippen LogP contribution in [-0.2, 0) is 0 Å². The summed E-state index contributed by atoms with van der Waals surface area (Å²) in [5, 5.41) is 3.56. The maximum Gasteiger partial charge on any atom is 0.0207 e. The molecule has 1 saturated carbocycles. The van der Waals surface area contributed by atoms with Crippen molar-refractivity contribution in [2.24, 2.45) is 11.8 Å². The monoisotopic (exact) mass is 196 g/mol. The molecule has 0 bridgehead atoms. The van der Waals surface area contributed by atoms with Crippen LogP contribution in [0.2, 0.25) is 0 Å². The van der Waals surface area contributed by atoms with Crippen LogP contribution >= 0.6 is 0 Å². The normalized spacial score (nSPS) is 43.9. The quantitative estimate of drug-likeness (QED) is 0.739. The summed E-state index contributed by atoms with van der Waals surface area (Å²) in [6.07, 6.45) is 2.78. The molecule has 82 valence electrons. The van der Waals surface area contributed by atoms with E-state index in [9.17, 15) is 0 Å². The number of rotatable bonds is 3. The third-order valence-electron chi connectivity index (χ3n) is 4.30. The third-order valence-corrected chi connectivity index (χ3v) is 4.30. The van der Waals surface area contributed by atoms with E-state index < -0.39 is 0 Å². The molecule has 2 rings (SSSR count). The summed E-state index contributed by atoms with van der Waals surface area (Å²) in [5.41, 5.74) is 0. The van der Waals surface area contributed by atoms with Gasteiger partial charge in [-0.1, -0.05) is 20.8 Å². The van der Waals surface area contributed by atoms with Crippen molar-refractivity contribution < 1.29 is 0 Å². The van der Waals surface area contributed by atoms with Crippen molar-refractivity contribution in [1.82, 2.24) is 10.2 Å². The van der Waals surface area contributed by atoms with Gasteiger partial charge in [0.2, 0.25) is 0 Å². The molecule has 0 aromatic heterocycles. The topological polar surface area (TPSA) is 15.3 Å². The van der Waals surface area contributed by atoms with Crippen molar-refractivity contribution in [2.75, 3.05) is 19.6 Å².